The highest BCUT2D eigenvalue weighted by molar-refractivity contribution is 5.89. The fourth-order valence-corrected chi connectivity index (χ4v) is 2.00. The molecule has 0 spiro atoms. The average Bonchev–Trinajstić information content (AvgIpc) is 2.65. The van der Waals surface area contributed by atoms with Gasteiger partial charge in [-0.3, -0.25) is 4.79 Å². The van der Waals surface area contributed by atoms with Crippen molar-refractivity contribution in [3.8, 4) is 11.5 Å². The largest absolute Gasteiger partial charge is 0.504 e. The maximum atomic E-state index is 12.1. The fourth-order valence-electron chi connectivity index (χ4n) is 2.00. The number of phenolic OH excluding ortho intramolecular Hbond substituents is 1. The Morgan fingerprint density at radius 3 is 2.35 bits per heavy atom. The van der Waals surface area contributed by atoms with Gasteiger partial charge in [0.1, 0.15) is 0 Å². The molecule has 1 rings (SSSR count). The third kappa shape index (κ3) is 7.54. The molecule has 0 fully saturated rings. The first kappa shape index (κ1) is 21.5. The Morgan fingerprint density at radius 1 is 1.12 bits per heavy atom. The van der Waals surface area contributed by atoms with Gasteiger partial charge in [-0.25, -0.2) is 4.79 Å². The molecular formula is C18H25NO7. The van der Waals surface area contributed by atoms with E-state index in [4.69, 9.17) is 18.9 Å². The number of hydrogen-bond donors (Lipinski definition) is 1. The molecule has 0 bridgehead atoms. The van der Waals surface area contributed by atoms with E-state index in [0.29, 0.717) is 37.6 Å². The minimum Gasteiger partial charge on any atom is -0.504 e. The van der Waals surface area contributed by atoms with Crippen molar-refractivity contribution in [3.63, 3.8) is 0 Å². The summed E-state index contributed by atoms with van der Waals surface area (Å²) in [7, 11) is 4.52. The Hall–Kier alpha value is -2.58. The number of phenols is 1. The second kappa shape index (κ2) is 11.9. The standard InChI is InChI=1S/C18H25NO7/c1-23-10-8-19(9-11-24-2)17(21)13-26-18(22)7-5-14-4-6-15(20)16(12-14)25-3/h4-7,12,20H,8-11,13H2,1-3H3/b7-5+. The van der Waals surface area contributed by atoms with Crippen LogP contribution in [-0.2, 0) is 23.8 Å². The lowest BCUT2D eigenvalue weighted by molar-refractivity contribution is -0.148. The fraction of sp³-hybridized carbons (Fsp3) is 0.444. The molecule has 0 radical (unpaired) electrons. The van der Waals surface area contributed by atoms with E-state index in [9.17, 15) is 14.7 Å². The van der Waals surface area contributed by atoms with Crippen LogP contribution in [0.25, 0.3) is 6.08 Å². The Balaban J connectivity index is 2.54. The van der Waals surface area contributed by atoms with Gasteiger partial charge in [0.25, 0.3) is 5.91 Å². The Kier molecular flexibility index (Phi) is 9.81. The lowest BCUT2D eigenvalue weighted by Gasteiger charge is -2.21. The number of ether oxygens (including phenoxy) is 4. The molecule has 1 aromatic rings. The molecule has 144 valence electrons. The zero-order valence-corrected chi connectivity index (χ0v) is 15.3. The van der Waals surface area contributed by atoms with Crippen LogP contribution >= 0.6 is 0 Å². The molecule has 0 aliphatic rings. The van der Waals surface area contributed by atoms with E-state index in [1.807, 2.05) is 0 Å². The van der Waals surface area contributed by atoms with Crippen LogP contribution in [0.3, 0.4) is 0 Å². The summed E-state index contributed by atoms with van der Waals surface area (Å²) in [4.78, 5) is 25.4. The first-order valence-corrected chi connectivity index (χ1v) is 7.99. The summed E-state index contributed by atoms with van der Waals surface area (Å²) >= 11 is 0. The first-order chi connectivity index (χ1) is 12.5. The lowest BCUT2D eigenvalue weighted by atomic mass is 10.2. The van der Waals surface area contributed by atoms with Gasteiger partial charge in [0.15, 0.2) is 18.1 Å². The second-order valence-corrected chi connectivity index (χ2v) is 5.24. The zero-order valence-electron chi connectivity index (χ0n) is 15.3. The number of benzene rings is 1. The van der Waals surface area contributed by atoms with Crippen molar-refractivity contribution >= 4 is 18.0 Å². The summed E-state index contributed by atoms with van der Waals surface area (Å²) < 4.78 is 19.9. The molecule has 0 aliphatic heterocycles. The minimum absolute atomic E-state index is 0.00466. The van der Waals surface area contributed by atoms with Crippen molar-refractivity contribution < 1.29 is 33.6 Å². The number of aromatic hydroxyl groups is 1. The molecule has 1 amide bonds. The molecular weight excluding hydrogens is 342 g/mol. The number of rotatable bonds is 11. The van der Waals surface area contributed by atoms with Gasteiger partial charge >= 0.3 is 5.97 Å². The molecule has 1 aromatic carbocycles. The third-order valence-electron chi connectivity index (χ3n) is 3.44. The zero-order chi connectivity index (χ0) is 19.4. The van der Waals surface area contributed by atoms with Crippen molar-refractivity contribution in [3.05, 3.63) is 29.8 Å². The van der Waals surface area contributed by atoms with E-state index in [2.05, 4.69) is 0 Å². The average molecular weight is 367 g/mol. The number of carbonyl (C=O) groups excluding carboxylic acids is 2. The van der Waals surface area contributed by atoms with Crippen molar-refractivity contribution in [1.29, 1.82) is 0 Å². The van der Waals surface area contributed by atoms with E-state index in [1.54, 1.807) is 26.4 Å². The number of hydrogen-bond acceptors (Lipinski definition) is 7. The van der Waals surface area contributed by atoms with E-state index in [1.165, 1.54) is 30.2 Å². The van der Waals surface area contributed by atoms with Crippen LogP contribution in [-0.4, -0.2) is 76.1 Å². The minimum atomic E-state index is -0.649. The van der Waals surface area contributed by atoms with Gasteiger partial charge in [-0.15, -0.1) is 0 Å². The smallest absolute Gasteiger partial charge is 0.331 e. The number of amides is 1. The van der Waals surface area contributed by atoms with Crippen molar-refractivity contribution in [2.45, 2.75) is 0 Å². The van der Waals surface area contributed by atoms with Crippen LogP contribution in [0.5, 0.6) is 11.5 Å². The van der Waals surface area contributed by atoms with Crippen LogP contribution in [0.4, 0.5) is 0 Å². The van der Waals surface area contributed by atoms with Crippen LogP contribution in [0.2, 0.25) is 0 Å². The summed E-state index contributed by atoms with van der Waals surface area (Å²) in [6.45, 7) is 1.17. The summed E-state index contributed by atoms with van der Waals surface area (Å²) in [6.07, 6.45) is 2.70. The van der Waals surface area contributed by atoms with E-state index in [-0.39, 0.29) is 18.3 Å². The Morgan fingerprint density at radius 2 is 1.77 bits per heavy atom. The maximum absolute atomic E-state index is 12.1. The molecule has 0 atom stereocenters. The number of esters is 1. The second-order valence-electron chi connectivity index (χ2n) is 5.24. The molecule has 8 nitrogen and oxygen atoms in total. The predicted octanol–water partition coefficient (Wildman–Crippen LogP) is 1.08. The third-order valence-corrected chi connectivity index (χ3v) is 3.44. The number of carbonyl (C=O) groups is 2. The SMILES string of the molecule is COCCN(CCOC)C(=O)COC(=O)/C=C/c1ccc(O)c(OC)c1. The molecule has 0 unspecified atom stereocenters. The molecule has 26 heavy (non-hydrogen) atoms. The van der Waals surface area contributed by atoms with Gasteiger partial charge in [0.05, 0.1) is 20.3 Å². The number of nitrogens with zero attached hydrogens (tertiary/aromatic N) is 1. The van der Waals surface area contributed by atoms with Crippen LogP contribution in [0.1, 0.15) is 5.56 Å². The lowest BCUT2D eigenvalue weighted by Crippen LogP contribution is -2.39. The summed E-state index contributed by atoms with van der Waals surface area (Å²) in [5.74, 6) is -0.677. The van der Waals surface area contributed by atoms with Gasteiger partial charge < -0.3 is 29.0 Å². The van der Waals surface area contributed by atoms with E-state index in [0.717, 1.165) is 0 Å². The van der Waals surface area contributed by atoms with Crippen LogP contribution in [0.15, 0.2) is 24.3 Å². The molecule has 8 heteroatoms. The molecule has 1 N–H and O–H groups in total. The van der Waals surface area contributed by atoms with Gasteiger partial charge in [0, 0.05) is 33.4 Å². The van der Waals surface area contributed by atoms with Gasteiger partial charge in [-0.05, 0) is 23.8 Å². The highest BCUT2D eigenvalue weighted by atomic mass is 16.5. The molecule has 0 aromatic heterocycles. The van der Waals surface area contributed by atoms with Crippen LogP contribution < -0.4 is 4.74 Å². The first-order valence-electron chi connectivity index (χ1n) is 7.99. The highest BCUT2D eigenvalue weighted by Crippen LogP contribution is 2.26. The normalized spacial score (nSPS) is 10.7. The monoisotopic (exact) mass is 367 g/mol. The molecule has 0 saturated carbocycles. The van der Waals surface area contributed by atoms with Crippen molar-refractivity contribution in [1.82, 2.24) is 4.90 Å². The topological polar surface area (TPSA) is 94.5 Å². The number of methoxy groups -OCH3 is 3. The van der Waals surface area contributed by atoms with Gasteiger partial charge in [0.2, 0.25) is 0 Å². The quantitative estimate of drug-likeness (QED) is 0.462. The van der Waals surface area contributed by atoms with E-state index >= 15 is 0 Å². The van der Waals surface area contributed by atoms with Gasteiger partial charge in [-0.1, -0.05) is 6.07 Å². The Bertz CT molecular complexity index is 608. The van der Waals surface area contributed by atoms with Gasteiger partial charge in [-0.2, -0.15) is 0 Å². The van der Waals surface area contributed by atoms with E-state index < -0.39 is 5.97 Å². The van der Waals surface area contributed by atoms with Crippen molar-refractivity contribution in [2.75, 3.05) is 54.2 Å². The molecule has 0 heterocycles. The molecule has 0 saturated heterocycles. The van der Waals surface area contributed by atoms with Crippen LogP contribution in [0, 0.1) is 0 Å². The predicted molar refractivity (Wildman–Crippen MR) is 95.0 cm³/mol. The molecule has 0 aliphatic carbocycles. The summed E-state index contributed by atoms with van der Waals surface area (Å²) in [5.41, 5.74) is 0.643. The van der Waals surface area contributed by atoms with Crippen molar-refractivity contribution in [2.24, 2.45) is 0 Å². The summed E-state index contributed by atoms with van der Waals surface area (Å²) in [5, 5.41) is 9.53. The summed E-state index contributed by atoms with van der Waals surface area (Å²) in [6, 6.07) is 4.64. The Labute approximate surface area is 152 Å². The highest BCUT2D eigenvalue weighted by Gasteiger charge is 2.14. The maximum Gasteiger partial charge on any atom is 0.331 e.